The number of rotatable bonds is 2. The van der Waals surface area contributed by atoms with Gasteiger partial charge >= 0.3 is 6.09 Å². The molecule has 0 saturated carbocycles. The zero-order valence-corrected chi connectivity index (χ0v) is 17.5. The third kappa shape index (κ3) is 4.49. The Morgan fingerprint density at radius 3 is 2.92 bits per heavy atom. The van der Waals surface area contributed by atoms with Crippen molar-refractivity contribution in [1.29, 1.82) is 0 Å². The van der Waals surface area contributed by atoms with E-state index in [2.05, 4.69) is 39.0 Å². The maximum atomic E-state index is 12.4. The Morgan fingerprint density at radius 1 is 1.42 bits per heavy atom. The summed E-state index contributed by atoms with van der Waals surface area (Å²) >= 11 is 2.29. The summed E-state index contributed by atoms with van der Waals surface area (Å²) in [5.41, 5.74) is 8.13. The van der Waals surface area contributed by atoms with Crippen molar-refractivity contribution in [1.82, 2.24) is 9.88 Å². The molecule has 3 rings (SSSR count). The molecule has 26 heavy (non-hydrogen) atoms. The Labute approximate surface area is 167 Å². The van der Waals surface area contributed by atoms with Crippen LogP contribution in [0.2, 0.25) is 0 Å². The maximum Gasteiger partial charge on any atom is 0.410 e. The highest BCUT2D eigenvalue weighted by Gasteiger charge is 2.28. The summed E-state index contributed by atoms with van der Waals surface area (Å²) < 4.78 is 6.64. The lowest BCUT2D eigenvalue weighted by atomic mass is 10.0. The van der Waals surface area contributed by atoms with Gasteiger partial charge in [-0.05, 0) is 74.4 Å². The van der Waals surface area contributed by atoms with Crippen LogP contribution < -0.4 is 11.1 Å². The molecule has 0 spiro atoms. The number of anilines is 2. The highest BCUT2D eigenvalue weighted by molar-refractivity contribution is 14.1. The first-order chi connectivity index (χ1) is 12.2. The molecule has 0 aliphatic carbocycles. The first-order valence-electron chi connectivity index (χ1n) is 8.81. The number of halogens is 1. The third-order valence-corrected chi connectivity index (χ3v) is 4.95. The van der Waals surface area contributed by atoms with Gasteiger partial charge in [-0.3, -0.25) is 4.98 Å². The molecule has 0 radical (unpaired) electrons. The fourth-order valence-electron chi connectivity index (χ4n) is 3.13. The summed E-state index contributed by atoms with van der Waals surface area (Å²) in [4.78, 5) is 18.6. The number of pyridine rings is 1. The van der Waals surface area contributed by atoms with Crippen LogP contribution in [0.15, 0.2) is 24.4 Å². The van der Waals surface area contributed by atoms with Crippen molar-refractivity contribution in [2.75, 3.05) is 24.1 Å². The van der Waals surface area contributed by atoms with Gasteiger partial charge in [-0.25, -0.2) is 4.79 Å². The molecule has 0 unspecified atom stereocenters. The summed E-state index contributed by atoms with van der Waals surface area (Å²) in [6.07, 6.45) is 3.33. The number of benzene rings is 1. The molecule has 7 heteroatoms. The fourth-order valence-corrected chi connectivity index (χ4v) is 3.62. The average Bonchev–Trinajstić information content (AvgIpc) is 2.56. The molecule has 1 fully saturated rings. The molecule has 1 aromatic heterocycles. The second kappa shape index (κ2) is 7.46. The van der Waals surface area contributed by atoms with Crippen molar-refractivity contribution in [3.8, 4) is 0 Å². The van der Waals surface area contributed by atoms with Gasteiger partial charge in [0.1, 0.15) is 5.60 Å². The molecular formula is C19H25IN4O2. The van der Waals surface area contributed by atoms with E-state index in [9.17, 15) is 4.79 Å². The molecule has 1 aromatic carbocycles. The Balaban J connectivity index is 1.79. The predicted molar refractivity (Wildman–Crippen MR) is 113 cm³/mol. The van der Waals surface area contributed by atoms with Crippen LogP contribution in [0.3, 0.4) is 0 Å². The number of nitrogens with two attached hydrogens (primary N) is 1. The number of amides is 1. The van der Waals surface area contributed by atoms with Gasteiger partial charge in [-0.1, -0.05) is 0 Å². The van der Waals surface area contributed by atoms with Crippen molar-refractivity contribution >= 4 is 51.0 Å². The zero-order chi connectivity index (χ0) is 18.9. The van der Waals surface area contributed by atoms with Gasteiger partial charge in [0.05, 0.1) is 23.1 Å². The van der Waals surface area contributed by atoms with E-state index in [1.54, 1.807) is 11.1 Å². The molecule has 140 valence electrons. The lowest BCUT2D eigenvalue weighted by Crippen LogP contribution is -2.47. The summed E-state index contributed by atoms with van der Waals surface area (Å²) in [6, 6.07) is 6.23. The number of aromatic nitrogens is 1. The molecule has 2 heterocycles. The van der Waals surface area contributed by atoms with Crippen LogP contribution in [0.5, 0.6) is 0 Å². The average molecular weight is 468 g/mol. The van der Waals surface area contributed by atoms with Crippen molar-refractivity contribution in [2.45, 2.75) is 45.3 Å². The van der Waals surface area contributed by atoms with Gasteiger partial charge in [-0.15, -0.1) is 0 Å². The smallest absolute Gasteiger partial charge is 0.410 e. The highest BCUT2D eigenvalue weighted by atomic mass is 127. The Kier molecular flexibility index (Phi) is 5.45. The lowest BCUT2D eigenvalue weighted by molar-refractivity contribution is 0.0206. The zero-order valence-electron chi connectivity index (χ0n) is 15.4. The molecular weight excluding hydrogens is 443 g/mol. The minimum atomic E-state index is -0.486. The Hall–Kier alpha value is -1.77. The van der Waals surface area contributed by atoms with Crippen molar-refractivity contribution < 1.29 is 9.53 Å². The van der Waals surface area contributed by atoms with Crippen LogP contribution in [0.1, 0.15) is 33.6 Å². The molecule has 0 bridgehead atoms. The Morgan fingerprint density at radius 2 is 2.19 bits per heavy atom. The van der Waals surface area contributed by atoms with E-state index in [1.807, 2.05) is 32.9 Å². The monoisotopic (exact) mass is 468 g/mol. The number of likely N-dealkylation sites (tertiary alicyclic amines) is 1. The van der Waals surface area contributed by atoms with E-state index >= 15 is 0 Å². The van der Waals surface area contributed by atoms with Crippen molar-refractivity contribution in [3.63, 3.8) is 0 Å². The summed E-state index contributed by atoms with van der Waals surface area (Å²) in [5, 5.41) is 4.56. The second-order valence-electron chi connectivity index (χ2n) is 7.66. The first kappa shape index (κ1) is 19.0. The minimum absolute atomic E-state index is 0.127. The van der Waals surface area contributed by atoms with E-state index in [0.717, 1.165) is 39.5 Å². The van der Waals surface area contributed by atoms with Gasteiger partial charge in [0.25, 0.3) is 0 Å². The van der Waals surface area contributed by atoms with Gasteiger partial charge in [-0.2, -0.15) is 0 Å². The van der Waals surface area contributed by atoms with E-state index in [4.69, 9.17) is 10.5 Å². The van der Waals surface area contributed by atoms with E-state index < -0.39 is 5.60 Å². The van der Waals surface area contributed by atoms with Crippen LogP contribution >= 0.6 is 22.6 Å². The normalized spacial score (nSPS) is 18.0. The van der Waals surface area contributed by atoms with E-state index in [-0.39, 0.29) is 12.1 Å². The second-order valence-corrected chi connectivity index (χ2v) is 8.91. The van der Waals surface area contributed by atoms with Crippen LogP contribution in [0, 0.1) is 3.57 Å². The number of piperidine rings is 1. The number of carbonyl (C=O) groups excluding carboxylic acids is 1. The molecule has 6 nitrogen and oxygen atoms in total. The first-order valence-corrected chi connectivity index (χ1v) is 9.89. The number of hydrogen-bond donors (Lipinski definition) is 2. The quantitative estimate of drug-likeness (QED) is 0.645. The number of ether oxygens (including phenoxy) is 1. The number of nitrogens with zero attached hydrogens (tertiary/aromatic N) is 2. The molecule has 1 saturated heterocycles. The molecule has 1 amide bonds. The number of nitrogens with one attached hydrogen (secondary N) is 1. The summed E-state index contributed by atoms with van der Waals surface area (Å²) in [5.74, 6) is 0. The van der Waals surface area contributed by atoms with Gasteiger partial charge < -0.3 is 20.7 Å². The van der Waals surface area contributed by atoms with E-state index in [0.29, 0.717) is 12.2 Å². The fraction of sp³-hybridized carbons (Fsp3) is 0.474. The van der Waals surface area contributed by atoms with Gasteiger partial charge in [0, 0.05) is 28.1 Å². The van der Waals surface area contributed by atoms with Crippen LogP contribution in [-0.4, -0.2) is 40.7 Å². The van der Waals surface area contributed by atoms with E-state index in [1.165, 1.54) is 0 Å². The van der Waals surface area contributed by atoms with Crippen LogP contribution in [0.4, 0.5) is 16.2 Å². The summed E-state index contributed by atoms with van der Waals surface area (Å²) in [6.45, 7) is 6.97. The van der Waals surface area contributed by atoms with Crippen LogP contribution in [0.25, 0.3) is 10.9 Å². The molecule has 2 aromatic rings. The largest absolute Gasteiger partial charge is 0.444 e. The SMILES string of the molecule is CC(C)(C)OC(=O)N1CCC[C@H](Nc2c(N)cnc3ccc(I)cc23)C1. The number of carbonyl (C=O) groups is 1. The summed E-state index contributed by atoms with van der Waals surface area (Å²) in [7, 11) is 0. The topological polar surface area (TPSA) is 80.5 Å². The molecule has 3 N–H and O–H groups in total. The Bertz CT molecular complexity index is 814. The lowest BCUT2D eigenvalue weighted by Gasteiger charge is -2.35. The number of fused-ring (bicyclic) bond motifs is 1. The van der Waals surface area contributed by atoms with Crippen LogP contribution in [-0.2, 0) is 4.74 Å². The third-order valence-electron chi connectivity index (χ3n) is 4.28. The minimum Gasteiger partial charge on any atom is -0.444 e. The maximum absolute atomic E-state index is 12.4. The van der Waals surface area contributed by atoms with Gasteiger partial charge in [0.15, 0.2) is 0 Å². The number of nitrogen functional groups attached to an aromatic ring is 1. The van der Waals surface area contributed by atoms with Crippen molar-refractivity contribution in [3.05, 3.63) is 28.0 Å². The predicted octanol–water partition coefficient (Wildman–Crippen LogP) is 4.23. The molecule has 1 aliphatic heterocycles. The number of hydrogen-bond acceptors (Lipinski definition) is 5. The van der Waals surface area contributed by atoms with Crippen molar-refractivity contribution in [2.24, 2.45) is 0 Å². The molecule has 1 aliphatic rings. The molecule has 1 atom stereocenters. The standard InChI is InChI=1S/C19H25IN4O2/c1-19(2,3)26-18(25)24-8-4-5-13(11-24)23-17-14-9-12(20)6-7-16(14)22-10-15(17)21/h6-7,9-10,13H,4-5,8,11,21H2,1-3H3,(H,22,23)/t13-/m0/s1. The van der Waals surface area contributed by atoms with Gasteiger partial charge in [0.2, 0.25) is 0 Å². The highest BCUT2D eigenvalue weighted by Crippen LogP contribution is 2.31.